The van der Waals surface area contributed by atoms with Gasteiger partial charge < -0.3 is 5.32 Å². The van der Waals surface area contributed by atoms with Gasteiger partial charge in [0.1, 0.15) is 6.04 Å². The molecule has 23 heavy (non-hydrogen) atoms. The Morgan fingerprint density at radius 2 is 2.13 bits per heavy atom. The number of para-hydroxylation sites is 2. The summed E-state index contributed by atoms with van der Waals surface area (Å²) >= 11 is 0. The second-order valence-corrected chi connectivity index (χ2v) is 5.91. The maximum Gasteiger partial charge on any atom is 0.262 e. The highest BCUT2D eigenvalue weighted by Crippen LogP contribution is 2.35. The third-order valence-electron chi connectivity index (χ3n) is 4.32. The molecular formula is C17H20N4O2. The van der Waals surface area contributed by atoms with Crippen molar-refractivity contribution in [1.82, 2.24) is 9.78 Å². The van der Waals surface area contributed by atoms with Gasteiger partial charge in [-0.05, 0) is 18.1 Å². The molecule has 0 fully saturated rings. The lowest BCUT2D eigenvalue weighted by Crippen LogP contribution is -2.54. The zero-order valence-electron chi connectivity index (χ0n) is 13.5. The van der Waals surface area contributed by atoms with Crippen LogP contribution < -0.4 is 10.2 Å². The maximum atomic E-state index is 13.0. The van der Waals surface area contributed by atoms with E-state index in [0.717, 1.165) is 12.1 Å². The summed E-state index contributed by atoms with van der Waals surface area (Å²) in [7, 11) is 1.76. The lowest BCUT2D eigenvalue weighted by atomic mass is 9.93. The number of fused-ring (bicyclic) bond motifs is 1. The van der Waals surface area contributed by atoms with E-state index in [0.29, 0.717) is 11.3 Å². The van der Waals surface area contributed by atoms with Gasteiger partial charge in [0.2, 0.25) is 5.91 Å². The van der Waals surface area contributed by atoms with E-state index in [4.69, 9.17) is 0 Å². The molecule has 1 aliphatic rings. The van der Waals surface area contributed by atoms with Crippen molar-refractivity contribution in [2.75, 3.05) is 10.2 Å². The SMILES string of the molecule is CCC(C)C1C(=O)Nc2ccccc2N1C(=O)c1cnn(C)c1. The monoisotopic (exact) mass is 312 g/mol. The van der Waals surface area contributed by atoms with Gasteiger partial charge in [0, 0.05) is 13.2 Å². The molecule has 0 bridgehead atoms. The fourth-order valence-electron chi connectivity index (χ4n) is 2.91. The standard InChI is InChI=1S/C17H20N4O2/c1-4-11(2)15-16(22)19-13-7-5-6-8-14(13)21(15)17(23)12-9-18-20(3)10-12/h5-11,15H,4H2,1-3H3,(H,19,22). The number of amides is 2. The molecule has 2 amide bonds. The summed E-state index contributed by atoms with van der Waals surface area (Å²) in [6.07, 6.45) is 4.01. The van der Waals surface area contributed by atoms with E-state index in [-0.39, 0.29) is 17.7 Å². The molecule has 0 saturated carbocycles. The Hall–Kier alpha value is -2.63. The van der Waals surface area contributed by atoms with Crippen molar-refractivity contribution >= 4 is 23.2 Å². The number of hydrogen-bond donors (Lipinski definition) is 1. The third-order valence-corrected chi connectivity index (χ3v) is 4.32. The normalized spacial score (nSPS) is 18.3. The quantitative estimate of drug-likeness (QED) is 0.946. The van der Waals surface area contributed by atoms with Crippen LogP contribution in [0.15, 0.2) is 36.7 Å². The number of aromatic nitrogens is 2. The highest BCUT2D eigenvalue weighted by atomic mass is 16.2. The number of nitrogens with zero attached hydrogens (tertiary/aromatic N) is 3. The van der Waals surface area contributed by atoms with Crippen molar-refractivity contribution in [3.05, 3.63) is 42.2 Å². The summed E-state index contributed by atoms with van der Waals surface area (Å²) in [5.74, 6) is -0.301. The minimum atomic E-state index is -0.525. The van der Waals surface area contributed by atoms with Crippen LogP contribution in [0.2, 0.25) is 0 Å². The molecule has 2 atom stereocenters. The fourth-order valence-corrected chi connectivity index (χ4v) is 2.91. The zero-order chi connectivity index (χ0) is 16.6. The van der Waals surface area contributed by atoms with Crippen LogP contribution in [0.25, 0.3) is 0 Å². The largest absolute Gasteiger partial charge is 0.322 e. The van der Waals surface area contributed by atoms with Gasteiger partial charge in [-0.3, -0.25) is 19.2 Å². The van der Waals surface area contributed by atoms with Gasteiger partial charge in [0.25, 0.3) is 5.91 Å². The Labute approximate surface area is 135 Å². The molecule has 0 radical (unpaired) electrons. The van der Waals surface area contributed by atoms with Crippen LogP contribution in [-0.2, 0) is 11.8 Å². The van der Waals surface area contributed by atoms with E-state index in [1.165, 1.54) is 6.20 Å². The lowest BCUT2D eigenvalue weighted by Gasteiger charge is -2.39. The molecule has 0 saturated heterocycles. The van der Waals surface area contributed by atoms with E-state index >= 15 is 0 Å². The predicted octanol–water partition coefficient (Wildman–Crippen LogP) is 2.43. The highest BCUT2D eigenvalue weighted by Gasteiger charge is 2.40. The smallest absolute Gasteiger partial charge is 0.262 e. The molecule has 1 aliphatic heterocycles. The number of aryl methyl sites for hydroxylation is 1. The van der Waals surface area contributed by atoms with Crippen molar-refractivity contribution in [3.63, 3.8) is 0 Å². The number of nitrogens with one attached hydrogen (secondary N) is 1. The van der Waals surface area contributed by atoms with Gasteiger partial charge in [0.15, 0.2) is 0 Å². The summed E-state index contributed by atoms with van der Waals surface area (Å²) < 4.78 is 1.58. The molecule has 0 aliphatic carbocycles. The highest BCUT2D eigenvalue weighted by molar-refractivity contribution is 6.16. The zero-order valence-corrected chi connectivity index (χ0v) is 13.5. The van der Waals surface area contributed by atoms with Crippen molar-refractivity contribution in [2.45, 2.75) is 26.3 Å². The number of rotatable bonds is 3. The Balaban J connectivity index is 2.10. The van der Waals surface area contributed by atoms with E-state index in [9.17, 15) is 9.59 Å². The van der Waals surface area contributed by atoms with Crippen molar-refractivity contribution < 1.29 is 9.59 Å². The molecule has 3 rings (SSSR count). The van der Waals surface area contributed by atoms with Crippen LogP contribution in [0.5, 0.6) is 0 Å². The first kappa shape index (κ1) is 15.3. The van der Waals surface area contributed by atoms with E-state index < -0.39 is 6.04 Å². The second kappa shape index (κ2) is 5.87. The molecular weight excluding hydrogens is 292 g/mol. The average Bonchev–Trinajstić information content (AvgIpc) is 2.98. The van der Waals surface area contributed by atoms with Gasteiger partial charge in [0.05, 0.1) is 23.1 Å². The number of hydrogen-bond acceptors (Lipinski definition) is 3. The van der Waals surface area contributed by atoms with Crippen molar-refractivity contribution in [1.29, 1.82) is 0 Å². The van der Waals surface area contributed by atoms with E-state index in [1.807, 2.05) is 38.1 Å². The Morgan fingerprint density at radius 3 is 2.78 bits per heavy atom. The summed E-state index contributed by atoms with van der Waals surface area (Å²) in [6, 6.07) is 6.85. The summed E-state index contributed by atoms with van der Waals surface area (Å²) in [5, 5.41) is 6.98. The Bertz CT molecular complexity index is 753. The van der Waals surface area contributed by atoms with E-state index in [1.54, 1.807) is 22.8 Å². The van der Waals surface area contributed by atoms with Gasteiger partial charge in [-0.1, -0.05) is 32.4 Å². The molecule has 120 valence electrons. The fraction of sp³-hybridized carbons (Fsp3) is 0.353. The Kier molecular flexibility index (Phi) is 3.90. The maximum absolute atomic E-state index is 13.0. The lowest BCUT2D eigenvalue weighted by molar-refractivity contribution is -0.118. The number of anilines is 2. The molecule has 6 nitrogen and oxygen atoms in total. The molecule has 2 aromatic rings. The van der Waals surface area contributed by atoms with Gasteiger partial charge in [-0.25, -0.2) is 0 Å². The first-order chi connectivity index (χ1) is 11.0. The average molecular weight is 312 g/mol. The molecule has 2 heterocycles. The minimum Gasteiger partial charge on any atom is -0.322 e. The summed E-state index contributed by atoms with van der Waals surface area (Å²) in [5.41, 5.74) is 1.87. The summed E-state index contributed by atoms with van der Waals surface area (Å²) in [4.78, 5) is 27.2. The van der Waals surface area contributed by atoms with Crippen LogP contribution >= 0.6 is 0 Å². The van der Waals surface area contributed by atoms with Crippen LogP contribution in [0.3, 0.4) is 0 Å². The molecule has 6 heteroatoms. The van der Waals surface area contributed by atoms with Gasteiger partial charge in [-0.15, -0.1) is 0 Å². The van der Waals surface area contributed by atoms with Crippen LogP contribution in [0.4, 0.5) is 11.4 Å². The van der Waals surface area contributed by atoms with Crippen LogP contribution in [0, 0.1) is 5.92 Å². The molecule has 2 unspecified atom stereocenters. The summed E-state index contributed by atoms with van der Waals surface area (Å²) in [6.45, 7) is 4.01. The number of benzene rings is 1. The molecule has 1 N–H and O–H groups in total. The van der Waals surface area contributed by atoms with Gasteiger partial charge in [-0.2, -0.15) is 5.10 Å². The topological polar surface area (TPSA) is 67.2 Å². The minimum absolute atomic E-state index is 0.0453. The first-order valence-corrected chi connectivity index (χ1v) is 7.75. The molecule has 1 aromatic carbocycles. The van der Waals surface area contributed by atoms with Crippen LogP contribution in [-0.4, -0.2) is 27.6 Å². The van der Waals surface area contributed by atoms with Gasteiger partial charge >= 0.3 is 0 Å². The van der Waals surface area contributed by atoms with Crippen molar-refractivity contribution in [2.24, 2.45) is 13.0 Å². The molecule has 0 spiro atoms. The second-order valence-electron chi connectivity index (χ2n) is 5.91. The third kappa shape index (κ3) is 2.60. The van der Waals surface area contributed by atoms with Crippen molar-refractivity contribution in [3.8, 4) is 0 Å². The number of carbonyl (C=O) groups is 2. The number of carbonyl (C=O) groups excluding carboxylic acids is 2. The first-order valence-electron chi connectivity index (χ1n) is 7.75. The predicted molar refractivity (Wildman–Crippen MR) is 88.3 cm³/mol. The van der Waals surface area contributed by atoms with E-state index in [2.05, 4.69) is 10.4 Å². The van der Waals surface area contributed by atoms with Crippen LogP contribution in [0.1, 0.15) is 30.6 Å². The molecule has 1 aromatic heterocycles. The Morgan fingerprint density at radius 1 is 1.39 bits per heavy atom.